The van der Waals surface area contributed by atoms with Crippen molar-refractivity contribution in [2.24, 2.45) is 11.8 Å². The molecule has 1 aromatic carbocycles. The molecule has 1 unspecified atom stereocenters. The van der Waals surface area contributed by atoms with Crippen molar-refractivity contribution in [3.63, 3.8) is 0 Å². The largest absolute Gasteiger partial charge is 0.295 e. The topological polar surface area (TPSA) is 34.0 Å². The van der Waals surface area contributed by atoms with Gasteiger partial charge in [0.15, 0.2) is 5.82 Å². The predicted molar refractivity (Wildman–Crippen MR) is 126 cm³/mol. The first-order valence-corrected chi connectivity index (χ1v) is 11.9. The van der Waals surface area contributed by atoms with E-state index in [0.717, 1.165) is 49.0 Å². The van der Waals surface area contributed by atoms with E-state index < -0.39 is 0 Å². The Morgan fingerprint density at radius 1 is 1.00 bits per heavy atom. The summed E-state index contributed by atoms with van der Waals surface area (Å²) in [6.07, 6.45) is 17.4. The molecule has 31 heavy (non-hydrogen) atoms. The lowest BCUT2D eigenvalue weighted by molar-refractivity contribution is 0.315. The van der Waals surface area contributed by atoms with Crippen molar-refractivity contribution < 1.29 is 0 Å². The molecule has 2 heterocycles. The summed E-state index contributed by atoms with van der Waals surface area (Å²) in [5.74, 6) is 3.89. The molecule has 0 N–H and O–H groups in total. The van der Waals surface area contributed by atoms with Crippen LogP contribution in [0.3, 0.4) is 0 Å². The number of aromatic nitrogens is 3. The first-order chi connectivity index (χ1) is 15.1. The van der Waals surface area contributed by atoms with Crippen LogP contribution < -0.4 is 0 Å². The van der Waals surface area contributed by atoms with Gasteiger partial charge in [-0.2, -0.15) is 0 Å². The second kappa shape index (κ2) is 8.76. The van der Waals surface area contributed by atoms with Crippen molar-refractivity contribution in [3.05, 3.63) is 76.4 Å². The number of allylic oxidation sites excluding steroid dienone is 6. The van der Waals surface area contributed by atoms with E-state index in [4.69, 9.17) is 16.7 Å². The van der Waals surface area contributed by atoms with Crippen molar-refractivity contribution in [2.45, 2.75) is 58.0 Å². The van der Waals surface area contributed by atoms with Crippen LogP contribution in [0.2, 0.25) is 5.02 Å². The minimum Gasteiger partial charge on any atom is -0.295 e. The highest BCUT2D eigenvalue weighted by atomic mass is 35.5. The molecular weight excluding hydrogens is 404 g/mol. The Hall–Kier alpha value is -2.17. The summed E-state index contributed by atoms with van der Waals surface area (Å²) in [5, 5.41) is 10.1. The van der Waals surface area contributed by atoms with E-state index in [0.29, 0.717) is 17.8 Å². The van der Waals surface area contributed by atoms with Crippen LogP contribution in [0.4, 0.5) is 0 Å². The van der Waals surface area contributed by atoms with Crippen LogP contribution in [0.5, 0.6) is 0 Å². The maximum absolute atomic E-state index is 6.32. The van der Waals surface area contributed by atoms with Crippen LogP contribution in [-0.4, -0.2) is 26.7 Å². The zero-order valence-electron chi connectivity index (χ0n) is 18.5. The Labute approximate surface area is 190 Å². The first-order valence-electron chi connectivity index (χ1n) is 11.5. The van der Waals surface area contributed by atoms with Crippen molar-refractivity contribution in [2.75, 3.05) is 7.05 Å². The van der Waals surface area contributed by atoms with E-state index in [-0.39, 0.29) is 0 Å². The monoisotopic (exact) mass is 434 g/mol. The van der Waals surface area contributed by atoms with Crippen molar-refractivity contribution in [1.82, 2.24) is 19.7 Å². The second-order valence-electron chi connectivity index (χ2n) is 9.47. The smallest absolute Gasteiger partial charge is 0.151 e. The Kier molecular flexibility index (Phi) is 5.85. The third-order valence-corrected chi connectivity index (χ3v) is 7.21. The Balaban J connectivity index is 1.40. The molecule has 2 aliphatic carbocycles. The first kappa shape index (κ1) is 20.7. The second-order valence-corrected chi connectivity index (χ2v) is 9.91. The van der Waals surface area contributed by atoms with E-state index in [2.05, 4.69) is 71.0 Å². The number of hydrogen-bond acceptors (Lipinski definition) is 3. The highest BCUT2D eigenvalue weighted by Gasteiger charge is 2.30. The molecule has 0 amide bonds. The van der Waals surface area contributed by atoms with Gasteiger partial charge in [-0.15, -0.1) is 10.2 Å². The molecule has 1 aliphatic heterocycles. The highest BCUT2D eigenvalue weighted by molar-refractivity contribution is 6.30. The normalized spacial score (nSPS) is 30.2. The molecule has 0 saturated heterocycles. The van der Waals surface area contributed by atoms with Crippen LogP contribution in [0.25, 0.3) is 5.69 Å². The summed E-state index contributed by atoms with van der Waals surface area (Å²) < 4.78 is 2.32. The SMILES string of the molecule is CC1\C=C(C2CCC(c3nnc4n3-c3ccc(Cl)cc3CN(C)C4)CC2)/C=C\C=C\C1. The lowest BCUT2D eigenvalue weighted by atomic mass is 9.77. The Morgan fingerprint density at radius 3 is 2.65 bits per heavy atom. The van der Waals surface area contributed by atoms with Gasteiger partial charge in [0.05, 0.1) is 12.2 Å². The number of rotatable bonds is 2. The third kappa shape index (κ3) is 4.28. The average Bonchev–Trinajstić information content (AvgIpc) is 3.08. The van der Waals surface area contributed by atoms with E-state index in [1.54, 1.807) is 0 Å². The number of fused-ring (bicyclic) bond motifs is 3. The average molecular weight is 435 g/mol. The molecular formula is C26H31ClN4. The number of benzene rings is 1. The quantitative estimate of drug-likeness (QED) is 0.562. The molecule has 4 nitrogen and oxygen atoms in total. The highest BCUT2D eigenvalue weighted by Crippen LogP contribution is 2.40. The van der Waals surface area contributed by atoms with E-state index >= 15 is 0 Å². The van der Waals surface area contributed by atoms with E-state index in [9.17, 15) is 0 Å². The lowest BCUT2D eigenvalue weighted by Crippen LogP contribution is -2.19. The molecule has 2 aromatic rings. The molecule has 0 radical (unpaired) electrons. The molecule has 5 rings (SSSR count). The summed E-state index contributed by atoms with van der Waals surface area (Å²) in [6, 6.07) is 6.21. The van der Waals surface area contributed by atoms with Crippen LogP contribution in [0.15, 0.2) is 54.2 Å². The van der Waals surface area contributed by atoms with Gasteiger partial charge in [-0.25, -0.2) is 0 Å². The summed E-state index contributed by atoms with van der Waals surface area (Å²) in [6.45, 7) is 4.00. The Morgan fingerprint density at radius 2 is 1.81 bits per heavy atom. The van der Waals surface area contributed by atoms with Crippen molar-refractivity contribution in [1.29, 1.82) is 0 Å². The summed E-state index contributed by atoms with van der Waals surface area (Å²) in [4.78, 5) is 2.28. The summed E-state index contributed by atoms with van der Waals surface area (Å²) >= 11 is 6.32. The van der Waals surface area contributed by atoms with Gasteiger partial charge >= 0.3 is 0 Å². The minimum absolute atomic E-state index is 0.458. The maximum atomic E-state index is 6.32. The number of nitrogens with zero attached hydrogens (tertiary/aromatic N) is 4. The van der Waals surface area contributed by atoms with Gasteiger partial charge in [-0.1, -0.05) is 48.9 Å². The van der Waals surface area contributed by atoms with Crippen LogP contribution >= 0.6 is 11.6 Å². The summed E-state index contributed by atoms with van der Waals surface area (Å²) in [5.41, 5.74) is 3.96. The van der Waals surface area contributed by atoms with Gasteiger partial charge in [0.1, 0.15) is 5.82 Å². The van der Waals surface area contributed by atoms with Crippen LogP contribution in [-0.2, 0) is 13.1 Å². The molecule has 162 valence electrons. The molecule has 1 fully saturated rings. The molecule has 1 aromatic heterocycles. The van der Waals surface area contributed by atoms with Crippen molar-refractivity contribution >= 4 is 11.6 Å². The molecule has 5 heteroatoms. The molecule has 1 saturated carbocycles. The lowest BCUT2D eigenvalue weighted by Gasteiger charge is -2.30. The van der Waals surface area contributed by atoms with Gasteiger partial charge in [-0.3, -0.25) is 9.47 Å². The molecule has 3 aliphatic rings. The zero-order chi connectivity index (χ0) is 21.4. The van der Waals surface area contributed by atoms with Gasteiger partial charge in [0, 0.05) is 17.5 Å². The number of hydrogen-bond donors (Lipinski definition) is 0. The van der Waals surface area contributed by atoms with Gasteiger partial charge in [0.2, 0.25) is 0 Å². The van der Waals surface area contributed by atoms with E-state index in [1.807, 2.05) is 6.07 Å². The standard InChI is InChI=1S/C26H31ClN4/c1-18-6-4-3-5-7-21(14-18)19-8-10-20(11-9-19)26-29-28-25-17-30(2)16-22-15-23(27)12-13-24(22)31(25)26/h3-5,7,12-15,18-20H,6,8-11,16-17H2,1-2H3/b4-3+,7-5-,21-14+. The zero-order valence-corrected chi connectivity index (χ0v) is 19.2. The third-order valence-electron chi connectivity index (χ3n) is 6.97. The van der Waals surface area contributed by atoms with E-state index in [1.165, 1.54) is 29.7 Å². The predicted octanol–water partition coefficient (Wildman–Crippen LogP) is 6.22. The van der Waals surface area contributed by atoms with Crippen LogP contribution in [0, 0.1) is 11.8 Å². The molecule has 1 atom stereocenters. The van der Waals surface area contributed by atoms with Gasteiger partial charge < -0.3 is 0 Å². The fourth-order valence-electron chi connectivity index (χ4n) is 5.39. The van der Waals surface area contributed by atoms with Crippen LogP contribution in [0.1, 0.15) is 62.2 Å². The van der Waals surface area contributed by atoms with Crippen molar-refractivity contribution in [3.8, 4) is 5.69 Å². The molecule has 0 spiro atoms. The maximum Gasteiger partial charge on any atom is 0.151 e. The fourth-order valence-corrected chi connectivity index (χ4v) is 5.59. The number of halogens is 1. The van der Waals surface area contributed by atoms with Gasteiger partial charge in [-0.05, 0) is 80.3 Å². The molecule has 0 bridgehead atoms. The minimum atomic E-state index is 0.458. The Bertz CT molecular complexity index is 1040. The summed E-state index contributed by atoms with van der Waals surface area (Å²) in [7, 11) is 2.13. The fraction of sp³-hybridized carbons (Fsp3) is 0.462. The van der Waals surface area contributed by atoms with Gasteiger partial charge in [0.25, 0.3) is 0 Å².